The molecule has 0 aliphatic heterocycles. The third-order valence-electron chi connectivity index (χ3n) is 2.80. The van der Waals surface area contributed by atoms with E-state index in [1.54, 1.807) is 12.1 Å². The zero-order valence-electron chi connectivity index (χ0n) is 11.3. The molecule has 0 bridgehead atoms. The van der Waals surface area contributed by atoms with Crippen molar-refractivity contribution in [3.63, 3.8) is 0 Å². The minimum Gasteiger partial charge on any atom is -0.478 e. The smallest absolute Gasteiger partial charge is 0.335 e. The Morgan fingerprint density at radius 2 is 1.95 bits per heavy atom. The molecule has 1 aromatic heterocycles. The minimum atomic E-state index is -3.87. The van der Waals surface area contributed by atoms with Gasteiger partial charge in [-0.25, -0.2) is 18.2 Å². The lowest BCUT2D eigenvalue weighted by molar-refractivity contribution is 0.0696. The molecule has 1 aromatic carbocycles. The molecule has 1 heterocycles. The van der Waals surface area contributed by atoms with Gasteiger partial charge in [-0.3, -0.25) is 4.72 Å². The van der Waals surface area contributed by atoms with Crippen LogP contribution in [-0.2, 0) is 16.4 Å². The summed E-state index contributed by atoms with van der Waals surface area (Å²) in [5.74, 6) is -0.978. The van der Waals surface area contributed by atoms with Crippen LogP contribution >= 0.6 is 0 Å². The average Bonchev–Trinajstić information content (AvgIpc) is 2.47. The molecule has 0 unspecified atom stereocenters. The van der Waals surface area contributed by atoms with Gasteiger partial charge in [0.15, 0.2) is 0 Å². The van der Waals surface area contributed by atoms with Crippen LogP contribution in [0, 0.1) is 0 Å². The number of aromatic nitrogens is 1. The minimum absolute atomic E-state index is 0.0897. The monoisotopic (exact) mass is 306 g/mol. The molecule has 6 nitrogen and oxygen atoms in total. The Labute approximate surface area is 122 Å². The van der Waals surface area contributed by atoms with Crippen LogP contribution in [0.15, 0.2) is 47.4 Å². The Morgan fingerprint density at radius 1 is 1.24 bits per heavy atom. The normalized spacial score (nSPS) is 11.1. The highest BCUT2D eigenvalue weighted by atomic mass is 32.2. The summed E-state index contributed by atoms with van der Waals surface area (Å²) in [6.07, 6.45) is 0.685. The number of nitrogens with one attached hydrogen (secondary N) is 1. The van der Waals surface area contributed by atoms with Crippen molar-refractivity contribution in [2.24, 2.45) is 0 Å². The molecule has 110 valence electrons. The number of carbonyl (C=O) groups is 1. The van der Waals surface area contributed by atoms with Gasteiger partial charge in [0, 0.05) is 5.69 Å². The third kappa shape index (κ3) is 3.57. The van der Waals surface area contributed by atoms with Gasteiger partial charge >= 0.3 is 5.97 Å². The topological polar surface area (TPSA) is 96.4 Å². The fourth-order valence-electron chi connectivity index (χ4n) is 1.73. The predicted octanol–water partition coefficient (Wildman–Crippen LogP) is 2.14. The number of aryl methyl sites for hydroxylation is 1. The Kier molecular flexibility index (Phi) is 4.23. The van der Waals surface area contributed by atoms with Crippen molar-refractivity contribution in [2.45, 2.75) is 18.2 Å². The largest absolute Gasteiger partial charge is 0.478 e. The first-order valence-corrected chi connectivity index (χ1v) is 7.73. The lowest BCUT2D eigenvalue weighted by atomic mass is 10.2. The molecule has 7 heteroatoms. The van der Waals surface area contributed by atoms with Gasteiger partial charge in [0.05, 0.1) is 10.5 Å². The van der Waals surface area contributed by atoms with Crippen LogP contribution in [-0.4, -0.2) is 24.5 Å². The predicted molar refractivity (Wildman–Crippen MR) is 77.8 cm³/mol. The second kappa shape index (κ2) is 5.92. The van der Waals surface area contributed by atoms with Crippen molar-refractivity contribution in [1.82, 2.24) is 4.98 Å². The number of nitrogens with zero attached hydrogens (tertiary/aromatic N) is 1. The number of carboxylic acids is 1. The maximum absolute atomic E-state index is 12.2. The van der Waals surface area contributed by atoms with Gasteiger partial charge in [-0.05, 0) is 36.8 Å². The first kappa shape index (κ1) is 15.0. The summed E-state index contributed by atoms with van der Waals surface area (Å²) in [5.41, 5.74) is 0.669. The molecular weight excluding hydrogens is 292 g/mol. The molecule has 0 spiro atoms. The van der Waals surface area contributed by atoms with Crippen LogP contribution in [0.1, 0.15) is 23.0 Å². The first-order chi connectivity index (χ1) is 9.92. The number of carboxylic acid groups (broad SMARTS) is 1. The number of benzene rings is 1. The van der Waals surface area contributed by atoms with Crippen LogP contribution < -0.4 is 4.72 Å². The van der Waals surface area contributed by atoms with Crippen molar-refractivity contribution < 1.29 is 18.3 Å². The summed E-state index contributed by atoms with van der Waals surface area (Å²) in [5, 5.41) is 8.91. The van der Waals surface area contributed by atoms with E-state index in [1.807, 2.05) is 6.92 Å². The summed E-state index contributed by atoms with van der Waals surface area (Å²) in [6.45, 7) is 1.91. The molecule has 0 fully saturated rings. The average molecular weight is 306 g/mol. The van der Waals surface area contributed by atoms with E-state index in [-0.39, 0.29) is 16.3 Å². The van der Waals surface area contributed by atoms with Gasteiger partial charge in [-0.1, -0.05) is 19.1 Å². The molecule has 21 heavy (non-hydrogen) atoms. The fourth-order valence-corrected chi connectivity index (χ4v) is 2.77. The second-order valence-electron chi connectivity index (χ2n) is 4.31. The SMILES string of the molecule is CCc1cccc(NS(=O)(=O)c2cccc(C(=O)O)c2)n1. The number of hydrogen-bond acceptors (Lipinski definition) is 4. The highest BCUT2D eigenvalue weighted by Crippen LogP contribution is 2.16. The van der Waals surface area contributed by atoms with Gasteiger partial charge in [-0.2, -0.15) is 0 Å². The fraction of sp³-hybridized carbons (Fsp3) is 0.143. The van der Waals surface area contributed by atoms with Crippen molar-refractivity contribution in [2.75, 3.05) is 4.72 Å². The number of anilines is 1. The van der Waals surface area contributed by atoms with Crippen molar-refractivity contribution in [1.29, 1.82) is 0 Å². The number of sulfonamides is 1. The lowest BCUT2D eigenvalue weighted by Gasteiger charge is -2.08. The maximum Gasteiger partial charge on any atom is 0.335 e. The van der Waals surface area contributed by atoms with Gasteiger partial charge in [-0.15, -0.1) is 0 Å². The van der Waals surface area contributed by atoms with Crippen LogP contribution in [0.3, 0.4) is 0 Å². The summed E-state index contributed by atoms with van der Waals surface area (Å²) in [6, 6.07) is 10.2. The molecule has 0 aliphatic rings. The quantitative estimate of drug-likeness (QED) is 0.882. The Balaban J connectivity index is 2.33. The zero-order valence-corrected chi connectivity index (χ0v) is 12.1. The molecule has 0 saturated heterocycles. The van der Waals surface area contributed by atoms with E-state index in [2.05, 4.69) is 9.71 Å². The highest BCUT2D eigenvalue weighted by molar-refractivity contribution is 7.92. The molecule has 2 N–H and O–H groups in total. The molecule has 2 aromatic rings. The van der Waals surface area contributed by atoms with E-state index in [4.69, 9.17) is 5.11 Å². The maximum atomic E-state index is 12.2. The van der Waals surface area contributed by atoms with Gasteiger partial charge in [0.2, 0.25) is 0 Å². The number of rotatable bonds is 5. The van der Waals surface area contributed by atoms with E-state index >= 15 is 0 Å². The zero-order chi connectivity index (χ0) is 15.5. The first-order valence-electron chi connectivity index (χ1n) is 6.24. The van der Waals surface area contributed by atoms with Crippen LogP contribution in [0.2, 0.25) is 0 Å². The molecule has 2 rings (SSSR count). The van der Waals surface area contributed by atoms with Crippen LogP contribution in [0.4, 0.5) is 5.82 Å². The number of pyridine rings is 1. The lowest BCUT2D eigenvalue weighted by Crippen LogP contribution is -2.15. The summed E-state index contributed by atoms with van der Waals surface area (Å²) >= 11 is 0. The molecule has 0 radical (unpaired) electrons. The van der Waals surface area contributed by atoms with Gasteiger partial charge < -0.3 is 5.11 Å². The van der Waals surface area contributed by atoms with Crippen molar-refractivity contribution in [3.05, 3.63) is 53.7 Å². The van der Waals surface area contributed by atoms with Crippen LogP contribution in [0.25, 0.3) is 0 Å². The number of hydrogen-bond donors (Lipinski definition) is 2. The Bertz CT molecular complexity index is 772. The van der Waals surface area contributed by atoms with E-state index in [0.717, 1.165) is 11.8 Å². The third-order valence-corrected chi connectivity index (χ3v) is 4.15. The summed E-state index contributed by atoms with van der Waals surface area (Å²) < 4.78 is 26.8. The summed E-state index contributed by atoms with van der Waals surface area (Å²) in [7, 11) is -3.87. The summed E-state index contributed by atoms with van der Waals surface area (Å²) in [4.78, 5) is 14.9. The van der Waals surface area contributed by atoms with E-state index in [9.17, 15) is 13.2 Å². The van der Waals surface area contributed by atoms with Crippen molar-refractivity contribution >= 4 is 21.8 Å². The van der Waals surface area contributed by atoms with Gasteiger partial charge in [0.25, 0.3) is 10.0 Å². The van der Waals surface area contributed by atoms with Gasteiger partial charge in [0.1, 0.15) is 5.82 Å². The van der Waals surface area contributed by atoms with E-state index in [1.165, 1.54) is 24.3 Å². The van der Waals surface area contributed by atoms with E-state index in [0.29, 0.717) is 6.42 Å². The second-order valence-corrected chi connectivity index (χ2v) is 5.99. The van der Waals surface area contributed by atoms with E-state index < -0.39 is 16.0 Å². The highest BCUT2D eigenvalue weighted by Gasteiger charge is 2.16. The Hall–Kier alpha value is -2.41. The molecule has 0 aliphatic carbocycles. The molecule has 0 saturated carbocycles. The Morgan fingerprint density at radius 3 is 2.62 bits per heavy atom. The number of aromatic carboxylic acids is 1. The standard InChI is InChI=1S/C14H14N2O4S/c1-2-11-6-4-8-13(15-11)16-21(19,20)12-7-3-5-10(9-12)14(17)18/h3-9H,2H2,1H3,(H,15,16)(H,17,18). The molecular formula is C14H14N2O4S. The van der Waals surface area contributed by atoms with Crippen LogP contribution in [0.5, 0.6) is 0 Å². The molecule has 0 amide bonds. The van der Waals surface area contributed by atoms with Crippen molar-refractivity contribution in [3.8, 4) is 0 Å². The molecule has 0 atom stereocenters.